The molecular weight excluding hydrogens is 269 g/mol. The van der Waals surface area contributed by atoms with Crippen molar-refractivity contribution >= 4 is 23.2 Å². The molecular formula is C14H17Cl2NO. The maximum absolute atomic E-state index is 10.0. The second kappa shape index (κ2) is 4.92. The maximum atomic E-state index is 10.0. The monoisotopic (exact) mass is 285 g/mol. The van der Waals surface area contributed by atoms with Crippen LogP contribution < -0.4 is 5.32 Å². The number of hydrogen-bond acceptors (Lipinski definition) is 2. The molecule has 1 aromatic carbocycles. The lowest BCUT2D eigenvalue weighted by molar-refractivity contribution is 0.328. The zero-order valence-corrected chi connectivity index (χ0v) is 11.6. The highest BCUT2D eigenvalue weighted by atomic mass is 35.5. The molecule has 1 aliphatic carbocycles. The van der Waals surface area contributed by atoms with Gasteiger partial charge in [0.15, 0.2) is 0 Å². The Kier molecular flexibility index (Phi) is 3.44. The van der Waals surface area contributed by atoms with Crippen molar-refractivity contribution in [3.63, 3.8) is 0 Å². The van der Waals surface area contributed by atoms with E-state index in [0.29, 0.717) is 22.0 Å². The number of nitrogens with one attached hydrogen (secondary N) is 1. The molecule has 0 radical (unpaired) electrons. The Balaban J connectivity index is 1.82. The molecule has 0 amide bonds. The highest BCUT2D eigenvalue weighted by Gasteiger charge is 2.35. The van der Waals surface area contributed by atoms with Gasteiger partial charge in [0.2, 0.25) is 0 Å². The van der Waals surface area contributed by atoms with Gasteiger partial charge in [-0.25, -0.2) is 0 Å². The van der Waals surface area contributed by atoms with Crippen LogP contribution in [0.4, 0.5) is 0 Å². The molecule has 2 aliphatic rings. The number of rotatable bonds is 2. The van der Waals surface area contributed by atoms with Crippen molar-refractivity contribution in [3.05, 3.63) is 27.7 Å². The summed E-state index contributed by atoms with van der Waals surface area (Å²) in [6.45, 7) is 1.02. The van der Waals surface area contributed by atoms with Gasteiger partial charge < -0.3 is 10.4 Å². The molecule has 3 rings (SSSR count). The van der Waals surface area contributed by atoms with Gasteiger partial charge >= 0.3 is 0 Å². The second-order valence-corrected chi connectivity index (χ2v) is 6.26. The molecule has 1 saturated heterocycles. The summed E-state index contributed by atoms with van der Waals surface area (Å²) in [6.07, 6.45) is 4.83. The minimum absolute atomic E-state index is 0.283. The van der Waals surface area contributed by atoms with E-state index in [1.807, 2.05) is 6.07 Å². The zero-order valence-electron chi connectivity index (χ0n) is 10.1. The van der Waals surface area contributed by atoms with Gasteiger partial charge in [-0.3, -0.25) is 0 Å². The molecule has 2 N–H and O–H groups in total. The number of piperidine rings is 1. The Morgan fingerprint density at radius 1 is 1.11 bits per heavy atom. The van der Waals surface area contributed by atoms with Gasteiger partial charge in [-0.1, -0.05) is 23.2 Å². The van der Waals surface area contributed by atoms with Gasteiger partial charge in [0.05, 0.1) is 10.0 Å². The smallest absolute Gasteiger partial charge is 0.120 e. The van der Waals surface area contributed by atoms with E-state index in [4.69, 9.17) is 23.2 Å². The number of phenolic OH excluding ortho intramolecular Hbond substituents is 1. The highest BCUT2D eigenvalue weighted by molar-refractivity contribution is 6.42. The predicted octanol–water partition coefficient (Wildman–Crippen LogP) is 3.94. The molecule has 1 aliphatic heterocycles. The van der Waals surface area contributed by atoms with E-state index >= 15 is 0 Å². The van der Waals surface area contributed by atoms with Crippen LogP contribution in [0.25, 0.3) is 0 Å². The van der Waals surface area contributed by atoms with Crippen LogP contribution in [0, 0.1) is 5.92 Å². The Morgan fingerprint density at radius 3 is 2.56 bits per heavy atom. The molecule has 0 bridgehead atoms. The topological polar surface area (TPSA) is 32.3 Å². The third-order valence-electron chi connectivity index (χ3n) is 4.14. The normalized spacial score (nSPS) is 28.3. The quantitative estimate of drug-likeness (QED) is 0.863. The van der Waals surface area contributed by atoms with Crippen LogP contribution in [0.3, 0.4) is 0 Å². The fourth-order valence-electron chi connectivity index (χ4n) is 2.97. The third-order valence-corrected chi connectivity index (χ3v) is 4.86. The van der Waals surface area contributed by atoms with Crippen molar-refractivity contribution in [1.82, 2.24) is 5.32 Å². The van der Waals surface area contributed by atoms with Crippen LogP contribution in [-0.4, -0.2) is 17.7 Å². The van der Waals surface area contributed by atoms with Crippen LogP contribution in [0.5, 0.6) is 5.75 Å². The lowest BCUT2D eigenvalue weighted by Crippen LogP contribution is -2.38. The molecule has 2 fully saturated rings. The Labute approximate surface area is 117 Å². The zero-order chi connectivity index (χ0) is 12.7. The van der Waals surface area contributed by atoms with Crippen molar-refractivity contribution < 1.29 is 5.11 Å². The minimum atomic E-state index is 0.283. The van der Waals surface area contributed by atoms with E-state index < -0.39 is 0 Å². The van der Waals surface area contributed by atoms with Gasteiger partial charge in [-0.05, 0) is 55.7 Å². The molecule has 1 heterocycles. The summed E-state index contributed by atoms with van der Waals surface area (Å²) in [6, 6.07) is 4.00. The predicted molar refractivity (Wildman–Crippen MR) is 74.6 cm³/mol. The van der Waals surface area contributed by atoms with Crippen LogP contribution in [0.1, 0.15) is 37.2 Å². The van der Waals surface area contributed by atoms with E-state index in [9.17, 15) is 5.11 Å². The first-order chi connectivity index (χ1) is 8.65. The van der Waals surface area contributed by atoms with Crippen LogP contribution in [0.2, 0.25) is 10.0 Å². The first-order valence-corrected chi connectivity index (χ1v) is 7.32. The van der Waals surface area contributed by atoms with Crippen molar-refractivity contribution in [2.24, 2.45) is 5.92 Å². The Morgan fingerprint density at radius 2 is 1.83 bits per heavy atom. The van der Waals surface area contributed by atoms with Gasteiger partial charge in [0.25, 0.3) is 0 Å². The summed E-state index contributed by atoms with van der Waals surface area (Å²) in [7, 11) is 0. The van der Waals surface area contributed by atoms with E-state index in [2.05, 4.69) is 5.32 Å². The summed E-state index contributed by atoms with van der Waals surface area (Å²) in [5.41, 5.74) is 0.955. The van der Waals surface area contributed by atoms with Gasteiger partial charge in [-0.2, -0.15) is 0 Å². The summed E-state index contributed by atoms with van der Waals surface area (Å²) >= 11 is 12.0. The van der Waals surface area contributed by atoms with Crippen molar-refractivity contribution in [1.29, 1.82) is 0 Å². The molecule has 18 heavy (non-hydrogen) atoms. The molecule has 2 nitrogen and oxygen atoms in total. The van der Waals surface area contributed by atoms with Crippen LogP contribution in [0.15, 0.2) is 12.1 Å². The molecule has 1 aromatic rings. The molecule has 0 aromatic heterocycles. The highest BCUT2D eigenvalue weighted by Crippen LogP contribution is 2.43. The Bertz CT molecular complexity index is 459. The largest absolute Gasteiger partial charge is 0.508 e. The summed E-state index contributed by atoms with van der Waals surface area (Å²) in [4.78, 5) is 0. The van der Waals surface area contributed by atoms with E-state index in [0.717, 1.165) is 30.9 Å². The first kappa shape index (κ1) is 12.6. The fourth-order valence-corrected chi connectivity index (χ4v) is 3.30. The summed E-state index contributed by atoms with van der Waals surface area (Å²) < 4.78 is 0. The van der Waals surface area contributed by atoms with Gasteiger partial charge in [0.1, 0.15) is 5.75 Å². The van der Waals surface area contributed by atoms with Gasteiger partial charge in [-0.15, -0.1) is 0 Å². The summed E-state index contributed by atoms with van der Waals surface area (Å²) in [5, 5.41) is 14.6. The molecule has 2 atom stereocenters. The summed E-state index contributed by atoms with van der Waals surface area (Å²) in [5.74, 6) is 1.52. The minimum Gasteiger partial charge on any atom is -0.508 e. The van der Waals surface area contributed by atoms with Gasteiger partial charge in [0, 0.05) is 12.1 Å². The molecule has 0 spiro atoms. The number of phenols is 1. The lowest BCUT2D eigenvalue weighted by Gasteiger charge is -2.31. The van der Waals surface area contributed by atoms with Crippen molar-refractivity contribution in [3.8, 4) is 5.75 Å². The van der Waals surface area contributed by atoms with Crippen LogP contribution >= 0.6 is 23.2 Å². The Hall–Kier alpha value is -0.440. The van der Waals surface area contributed by atoms with E-state index in [-0.39, 0.29) is 5.75 Å². The number of benzene rings is 1. The molecule has 2 unspecified atom stereocenters. The maximum Gasteiger partial charge on any atom is 0.120 e. The third kappa shape index (κ3) is 2.47. The average molecular weight is 286 g/mol. The van der Waals surface area contributed by atoms with Crippen molar-refractivity contribution in [2.45, 2.75) is 37.6 Å². The SMILES string of the molecule is Oc1cc(Cl)c(Cl)cc1C1CCNC(C2CC2)C1. The van der Waals surface area contributed by atoms with Crippen LogP contribution in [-0.2, 0) is 0 Å². The average Bonchev–Trinajstić information content (AvgIpc) is 3.18. The molecule has 98 valence electrons. The first-order valence-electron chi connectivity index (χ1n) is 6.56. The number of hydrogen-bond donors (Lipinski definition) is 2. The molecule has 4 heteroatoms. The lowest BCUT2D eigenvalue weighted by atomic mass is 9.84. The van der Waals surface area contributed by atoms with E-state index in [1.54, 1.807) is 6.07 Å². The van der Waals surface area contributed by atoms with Crippen molar-refractivity contribution in [2.75, 3.05) is 6.54 Å². The molecule has 1 saturated carbocycles. The standard InChI is InChI=1S/C14H17Cl2NO/c15-11-6-10(14(18)7-12(11)16)9-3-4-17-13(5-9)8-1-2-8/h6-9,13,17-18H,1-5H2. The fraction of sp³-hybridized carbons (Fsp3) is 0.571. The number of aromatic hydroxyl groups is 1. The van der Waals surface area contributed by atoms with E-state index in [1.165, 1.54) is 12.8 Å². The number of halogens is 2. The second-order valence-electron chi connectivity index (χ2n) is 5.44.